The van der Waals surface area contributed by atoms with E-state index in [1.165, 1.54) is 11.8 Å². The van der Waals surface area contributed by atoms with Crippen molar-refractivity contribution in [2.75, 3.05) is 54.7 Å². The van der Waals surface area contributed by atoms with Crippen molar-refractivity contribution in [2.24, 2.45) is 10.3 Å². The summed E-state index contributed by atoms with van der Waals surface area (Å²) in [4.78, 5) is 34.5. The van der Waals surface area contributed by atoms with Crippen LogP contribution in [0.5, 0.6) is 11.8 Å². The molecule has 61 heavy (non-hydrogen) atoms. The highest BCUT2D eigenvalue weighted by molar-refractivity contribution is 5.99. The van der Waals surface area contributed by atoms with E-state index in [2.05, 4.69) is 46.5 Å². The van der Waals surface area contributed by atoms with E-state index in [4.69, 9.17) is 29.2 Å². The highest BCUT2D eigenvalue weighted by atomic mass is 16.8. The van der Waals surface area contributed by atoms with Gasteiger partial charge >= 0.3 is 5.88 Å². The number of imidazole rings is 2. The minimum absolute atomic E-state index is 0.467. The van der Waals surface area contributed by atoms with E-state index in [-0.39, 0.29) is 0 Å². The molecule has 2 aliphatic heterocycles. The average Bonchev–Trinajstić information content (AvgIpc) is 3.99. The Morgan fingerprint density at radius 1 is 0.721 bits per heavy atom. The Morgan fingerprint density at radius 3 is 1.93 bits per heavy atom. The summed E-state index contributed by atoms with van der Waals surface area (Å²) in [5.74, 6) is 2.27. The predicted octanol–water partition coefficient (Wildman–Crippen LogP) is 6.11. The molecular weight excluding hydrogens is 777 g/mol. The molecule has 0 amide bonds. The van der Waals surface area contributed by atoms with Crippen molar-refractivity contribution >= 4 is 57.1 Å². The van der Waals surface area contributed by atoms with Crippen LogP contribution >= 0.6 is 0 Å². The van der Waals surface area contributed by atoms with Crippen LogP contribution in [0, 0.1) is 0 Å². The van der Waals surface area contributed by atoms with Crippen molar-refractivity contribution < 1.29 is 24.0 Å². The third kappa shape index (κ3) is 7.48. The van der Waals surface area contributed by atoms with E-state index < -0.39 is 0 Å². The van der Waals surface area contributed by atoms with Gasteiger partial charge < -0.3 is 44.4 Å². The molecule has 8 heterocycles. The SMILES string of the molecule is CO/N=C(\C)c1ccc(Nc2nc(-c3cc4c([n+](O/N=C(/C)c5ccc(Nc6nc(-c7cnc8c(c7)NCCO8)cn7ccnc67)cc5)c3)OCCN4)cn3ccnc23)cc1. The van der Waals surface area contributed by atoms with Crippen molar-refractivity contribution in [1.29, 1.82) is 0 Å². The number of anilines is 6. The summed E-state index contributed by atoms with van der Waals surface area (Å²) in [6.07, 6.45) is 14.7. The highest BCUT2D eigenvalue weighted by Crippen LogP contribution is 2.32. The van der Waals surface area contributed by atoms with Crippen LogP contribution in [0.2, 0.25) is 0 Å². The fourth-order valence-corrected chi connectivity index (χ4v) is 7.05. The fourth-order valence-electron chi connectivity index (χ4n) is 7.05. The maximum Gasteiger partial charge on any atom is 0.350 e. The molecule has 0 atom stereocenters. The van der Waals surface area contributed by atoms with E-state index >= 15 is 0 Å². The van der Waals surface area contributed by atoms with Crippen LogP contribution in [-0.2, 0) is 4.84 Å². The lowest BCUT2D eigenvalue weighted by Crippen LogP contribution is -2.44. The number of aromatic nitrogens is 8. The van der Waals surface area contributed by atoms with Gasteiger partial charge in [-0.05, 0) is 61.0 Å². The summed E-state index contributed by atoms with van der Waals surface area (Å²) < 4.78 is 17.1. The molecule has 8 aromatic rings. The second-order valence-electron chi connectivity index (χ2n) is 14.2. The Balaban J connectivity index is 0.894. The van der Waals surface area contributed by atoms with Crippen molar-refractivity contribution in [2.45, 2.75) is 13.8 Å². The summed E-state index contributed by atoms with van der Waals surface area (Å²) in [6.45, 7) is 6.18. The second-order valence-corrected chi connectivity index (χ2v) is 14.2. The monoisotopic (exact) mass is 815 g/mol. The molecule has 18 nitrogen and oxygen atoms in total. The van der Waals surface area contributed by atoms with E-state index in [0.29, 0.717) is 65.9 Å². The van der Waals surface area contributed by atoms with Gasteiger partial charge in [-0.3, -0.25) is 0 Å². The summed E-state index contributed by atoms with van der Waals surface area (Å²) in [5, 5.41) is 22.2. The molecule has 0 saturated carbocycles. The molecule has 304 valence electrons. The van der Waals surface area contributed by atoms with Gasteiger partial charge in [0.1, 0.15) is 26.0 Å². The Hall–Kier alpha value is -8.28. The van der Waals surface area contributed by atoms with Crippen molar-refractivity contribution in [3.63, 3.8) is 0 Å². The molecular formula is C43H39N14O4+. The van der Waals surface area contributed by atoms with Gasteiger partial charge in [0.05, 0.1) is 22.8 Å². The summed E-state index contributed by atoms with van der Waals surface area (Å²) in [7, 11) is 1.53. The van der Waals surface area contributed by atoms with Gasteiger partial charge in [-0.15, -0.1) is 0 Å². The van der Waals surface area contributed by atoms with Gasteiger partial charge in [-0.1, -0.05) is 22.2 Å². The average molecular weight is 816 g/mol. The number of pyridine rings is 2. The number of ether oxygens (including phenoxy) is 2. The number of nitrogens with zero attached hydrogens (tertiary/aromatic N) is 10. The third-order valence-electron chi connectivity index (χ3n) is 10.1. The number of hydrogen-bond acceptors (Lipinski definition) is 15. The van der Waals surface area contributed by atoms with E-state index in [0.717, 1.165) is 63.0 Å². The predicted molar refractivity (Wildman–Crippen MR) is 230 cm³/mol. The van der Waals surface area contributed by atoms with Crippen LogP contribution < -0.4 is 40.4 Å². The first-order valence-electron chi connectivity index (χ1n) is 19.5. The van der Waals surface area contributed by atoms with Gasteiger partial charge in [0, 0.05) is 96.2 Å². The smallest absolute Gasteiger partial charge is 0.350 e. The van der Waals surface area contributed by atoms with E-state index in [9.17, 15) is 0 Å². The van der Waals surface area contributed by atoms with E-state index in [1.807, 2.05) is 108 Å². The third-order valence-corrected chi connectivity index (χ3v) is 10.1. The van der Waals surface area contributed by atoms with Crippen molar-refractivity contribution in [3.8, 4) is 34.3 Å². The van der Waals surface area contributed by atoms with Crippen molar-refractivity contribution in [3.05, 3.63) is 121 Å². The number of hydrogen-bond donors (Lipinski definition) is 4. The van der Waals surface area contributed by atoms with Gasteiger partial charge in [-0.2, -0.15) is 0 Å². The Kier molecular flexibility index (Phi) is 9.60. The van der Waals surface area contributed by atoms with Crippen LogP contribution in [0.15, 0.2) is 121 Å². The summed E-state index contributed by atoms with van der Waals surface area (Å²) >= 11 is 0. The normalized spacial score (nSPS) is 13.6. The zero-order valence-corrected chi connectivity index (χ0v) is 33.3. The Labute approximate surface area is 348 Å². The van der Waals surface area contributed by atoms with Gasteiger partial charge in [-0.25, -0.2) is 24.9 Å². The van der Waals surface area contributed by atoms with Gasteiger partial charge in [0.25, 0.3) is 0 Å². The lowest BCUT2D eigenvalue weighted by atomic mass is 10.1. The molecule has 0 unspecified atom stereocenters. The summed E-state index contributed by atoms with van der Waals surface area (Å²) in [5.41, 5.74) is 10.8. The molecule has 2 aliphatic rings. The number of oxime groups is 2. The van der Waals surface area contributed by atoms with Crippen LogP contribution in [0.1, 0.15) is 25.0 Å². The maximum atomic E-state index is 6.09. The minimum atomic E-state index is 0.467. The Morgan fingerprint density at radius 2 is 1.30 bits per heavy atom. The lowest BCUT2D eigenvalue weighted by Gasteiger charge is -2.18. The number of rotatable bonds is 11. The first-order chi connectivity index (χ1) is 30.0. The molecule has 18 heteroatoms. The highest BCUT2D eigenvalue weighted by Gasteiger charge is 2.25. The van der Waals surface area contributed by atoms with E-state index in [1.54, 1.807) is 24.8 Å². The molecule has 4 N–H and O–H groups in total. The first kappa shape index (κ1) is 37.0. The minimum Gasteiger partial charge on any atom is -0.474 e. The van der Waals surface area contributed by atoms with Gasteiger partial charge in [0.2, 0.25) is 11.6 Å². The number of fused-ring (bicyclic) bond motifs is 4. The molecule has 0 fully saturated rings. The molecule has 0 saturated heterocycles. The topological polar surface area (TPSA) is 187 Å². The zero-order chi connectivity index (χ0) is 41.3. The first-order valence-corrected chi connectivity index (χ1v) is 19.5. The van der Waals surface area contributed by atoms with Crippen LogP contribution in [-0.4, -0.2) is 78.6 Å². The zero-order valence-electron chi connectivity index (χ0n) is 33.3. The lowest BCUT2D eigenvalue weighted by molar-refractivity contribution is -0.894. The Bertz CT molecular complexity index is 2980. The molecule has 0 spiro atoms. The van der Waals surface area contributed by atoms with Crippen LogP contribution in [0.3, 0.4) is 0 Å². The molecule has 0 aliphatic carbocycles. The molecule has 0 bridgehead atoms. The maximum absolute atomic E-state index is 6.09. The van der Waals surface area contributed by atoms with Crippen LogP contribution in [0.4, 0.5) is 34.4 Å². The van der Waals surface area contributed by atoms with Gasteiger partial charge in [0.15, 0.2) is 34.3 Å². The molecule has 2 aromatic carbocycles. The fraction of sp³-hybridized carbons (Fsp3) is 0.163. The largest absolute Gasteiger partial charge is 0.474 e. The van der Waals surface area contributed by atoms with Crippen molar-refractivity contribution in [1.82, 2.24) is 33.7 Å². The number of benzene rings is 2. The summed E-state index contributed by atoms with van der Waals surface area (Å²) in [6, 6.07) is 19.7. The second kappa shape index (κ2) is 15.8. The molecule has 0 radical (unpaired) electrons. The molecule has 6 aromatic heterocycles. The standard InChI is InChI=1S/C43H39N14O4/c1-26(53-58-3)28-4-8-32(9-5-28)50-39-41-47-13-17-56(41)25-37(52-39)31-21-35-43(60-19-15-45-35)57(23-31)61-54-27(2)29-6-10-33(11-7-29)49-38-40-46-12-16-55(40)24-36(51-38)30-20-34-42(48-22-30)59-18-14-44-34/h4-13,16-17,20-25,44-45H,14-15,18-19H2,1-3H3,(H,49,51)(H,50,52)/q+1/b53-26+,54-27-. The quantitative estimate of drug-likeness (QED) is 0.0667. The number of nitrogens with one attached hydrogen (secondary N) is 4. The van der Waals surface area contributed by atoms with Crippen LogP contribution in [0.25, 0.3) is 33.8 Å². The molecule has 10 rings (SSSR count).